The average Bonchev–Trinajstić information content (AvgIpc) is 2.33. The number of thioether (sulfide) groups is 1. The average molecular weight is 266 g/mol. The van der Waals surface area contributed by atoms with Gasteiger partial charge in [0, 0.05) is 17.0 Å². The first-order valence-corrected chi connectivity index (χ1v) is 7.82. The molecule has 3 heteroatoms. The molecule has 2 N–H and O–H groups in total. The fraction of sp³-hybridized carbons (Fsp3) is 0.600. The van der Waals surface area contributed by atoms with E-state index in [9.17, 15) is 0 Å². The van der Waals surface area contributed by atoms with Crippen molar-refractivity contribution in [3.8, 4) is 0 Å². The molecule has 102 valence electrons. The second kappa shape index (κ2) is 7.82. The van der Waals surface area contributed by atoms with Crippen molar-refractivity contribution in [3.63, 3.8) is 0 Å². The smallest absolute Gasteiger partial charge is 0.0205 e. The van der Waals surface area contributed by atoms with Crippen molar-refractivity contribution in [2.24, 2.45) is 0 Å². The second-order valence-corrected chi connectivity index (χ2v) is 6.43. The minimum absolute atomic E-state index is 0.230. The highest BCUT2D eigenvalue weighted by atomic mass is 32.2. The van der Waals surface area contributed by atoms with Crippen LogP contribution in [0.2, 0.25) is 0 Å². The Kier molecular flexibility index (Phi) is 6.76. The van der Waals surface area contributed by atoms with E-state index in [0.717, 1.165) is 19.6 Å². The number of rotatable bonds is 7. The molecule has 0 bridgehead atoms. The summed E-state index contributed by atoms with van der Waals surface area (Å²) in [7, 11) is 0. The van der Waals surface area contributed by atoms with Gasteiger partial charge in [0.15, 0.2) is 0 Å². The van der Waals surface area contributed by atoms with Gasteiger partial charge in [0.1, 0.15) is 0 Å². The predicted molar refractivity (Wildman–Crippen MR) is 82.3 cm³/mol. The molecule has 0 spiro atoms. The molecule has 0 aromatic heterocycles. The third-order valence-corrected chi connectivity index (χ3v) is 3.42. The van der Waals surface area contributed by atoms with Gasteiger partial charge >= 0.3 is 0 Å². The summed E-state index contributed by atoms with van der Waals surface area (Å²) in [6.45, 7) is 9.70. The van der Waals surface area contributed by atoms with Crippen LogP contribution in [0.25, 0.3) is 0 Å². The van der Waals surface area contributed by atoms with Crippen LogP contribution in [0.4, 0.5) is 0 Å². The third-order valence-electron chi connectivity index (χ3n) is 2.67. The van der Waals surface area contributed by atoms with Crippen molar-refractivity contribution in [3.05, 3.63) is 29.8 Å². The Balaban J connectivity index is 2.10. The number of benzene rings is 1. The maximum Gasteiger partial charge on any atom is 0.0205 e. The molecule has 0 amide bonds. The summed E-state index contributed by atoms with van der Waals surface area (Å²) in [6.07, 6.45) is 3.27. The highest BCUT2D eigenvalue weighted by molar-refractivity contribution is 7.98. The van der Waals surface area contributed by atoms with Crippen LogP contribution in [0.3, 0.4) is 0 Å². The van der Waals surface area contributed by atoms with E-state index in [1.807, 2.05) is 0 Å². The van der Waals surface area contributed by atoms with Crippen LogP contribution in [-0.2, 0) is 6.54 Å². The molecule has 2 nitrogen and oxygen atoms in total. The van der Waals surface area contributed by atoms with Crippen molar-refractivity contribution < 1.29 is 0 Å². The molecule has 1 aromatic rings. The van der Waals surface area contributed by atoms with E-state index in [0.29, 0.717) is 0 Å². The number of hydrogen-bond donors (Lipinski definition) is 2. The Hall–Kier alpha value is -0.510. The van der Waals surface area contributed by atoms with Crippen LogP contribution in [0.1, 0.15) is 32.8 Å². The summed E-state index contributed by atoms with van der Waals surface area (Å²) < 4.78 is 0. The van der Waals surface area contributed by atoms with E-state index in [4.69, 9.17) is 0 Å². The molecule has 1 aromatic carbocycles. The van der Waals surface area contributed by atoms with Gasteiger partial charge in [-0.2, -0.15) is 0 Å². The molecule has 0 saturated heterocycles. The van der Waals surface area contributed by atoms with Gasteiger partial charge in [-0.15, -0.1) is 11.8 Å². The Morgan fingerprint density at radius 2 is 1.72 bits per heavy atom. The molecule has 18 heavy (non-hydrogen) atoms. The zero-order chi connectivity index (χ0) is 13.4. The molecule has 0 saturated carbocycles. The first-order valence-electron chi connectivity index (χ1n) is 6.60. The van der Waals surface area contributed by atoms with Crippen molar-refractivity contribution >= 4 is 11.8 Å². The SMILES string of the molecule is CSc1ccc(CNCCCNC(C)(C)C)cc1. The lowest BCUT2D eigenvalue weighted by atomic mass is 10.1. The molecule has 1 rings (SSSR count). The van der Waals surface area contributed by atoms with Gasteiger partial charge in [0.25, 0.3) is 0 Å². The summed E-state index contributed by atoms with van der Waals surface area (Å²) in [5, 5.41) is 6.97. The molecule has 0 aliphatic carbocycles. The van der Waals surface area contributed by atoms with E-state index in [2.05, 4.69) is 61.9 Å². The standard InChI is InChI=1S/C15H26N2S/c1-15(2,3)17-11-5-10-16-12-13-6-8-14(18-4)9-7-13/h6-9,16-17H,5,10-12H2,1-4H3. The second-order valence-electron chi connectivity index (χ2n) is 5.56. The Labute approximate surface area is 116 Å². The quantitative estimate of drug-likeness (QED) is 0.585. The molecule has 0 aliphatic heterocycles. The predicted octanol–water partition coefficient (Wildman–Crippen LogP) is 3.28. The molecular formula is C15H26N2S. The lowest BCUT2D eigenvalue weighted by Gasteiger charge is -2.20. The highest BCUT2D eigenvalue weighted by Crippen LogP contribution is 2.14. The summed E-state index contributed by atoms with van der Waals surface area (Å²) in [4.78, 5) is 1.33. The summed E-state index contributed by atoms with van der Waals surface area (Å²) >= 11 is 1.79. The van der Waals surface area contributed by atoms with Gasteiger partial charge in [-0.3, -0.25) is 0 Å². The molecule has 0 atom stereocenters. The van der Waals surface area contributed by atoms with Gasteiger partial charge in [0.2, 0.25) is 0 Å². The van der Waals surface area contributed by atoms with Crippen molar-refractivity contribution in [1.82, 2.24) is 10.6 Å². The van der Waals surface area contributed by atoms with Gasteiger partial charge in [0.05, 0.1) is 0 Å². The number of nitrogens with one attached hydrogen (secondary N) is 2. The lowest BCUT2D eigenvalue weighted by Crippen LogP contribution is -2.37. The summed E-state index contributed by atoms with van der Waals surface area (Å²) in [5.41, 5.74) is 1.59. The number of hydrogen-bond acceptors (Lipinski definition) is 3. The normalized spacial score (nSPS) is 11.8. The van der Waals surface area contributed by atoms with E-state index < -0.39 is 0 Å². The molecule has 0 radical (unpaired) electrons. The molecule has 0 fully saturated rings. The van der Waals surface area contributed by atoms with E-state index in [1.54, 1.807) is 11.8 Å². The monoisotopic (exact) mass is 266 g/mol. The van der Waals surface area contributed by atoms with Crippen LogP contribution in [0, 0.1) is 0 Å². The van der Waals surface area contributed by atoms with Gasteiger partial charge in [-0.1, -0.05) is 12.1 Å². The van der Waals surface area contributed by atoms with Crippen molar-refractivity contribution in [2.75, 3.05) is 19.3 Å². The van der Waals surface area contributed by atoms with Crippen molar-refractivity contribution in [2.45, 2.75) is 44.2 Å². The van der Waals surface area contributed by atoms with Crippen molar-refractivity contribution in [1.29, 1.82) is 0 Å². The Morgan fingerprint density at radius 1 is 1.06 bits per heavy atom. The van der Waals surface area contributed by atoms with E-state index >= 15 is 0 Å². The fourth-order valence-electron chi connectivity index (χ4n) is 1.65. The van der Waals surface area contributed by atoms with Gasteiger partial charge in [-0.05, 0) is 64.2 Å². The summed E-state index contributed by atoms with van der Waals surface area (Å²) in [5.74, 6) is 0. The fourth-order valence-corrected chi connectivity index (χ4v) is 2.06. The van der Waals surface area contributed by atoms with Crippen LogP contribution in [-0.4, -0.2) is 24.9 Å². The zero-order valence-electron chi connectivity index (χ0n) is 12.0. The van der Waals surface area contributed by atoms with Gasteiger partial charge < -0.3 is 10.6 Å². The maximum absolute atomic E-state index is 3.49. The van der Waals surface area contributed by atoms with Crippen LogP contribution in [0.5, 0.6) is 0 Å². The van der Waals surface area contributed by atoms with Gasteiger partial charge in [-0.25, -0.2) is 0 Å². The molecule has 0 unspecified atom stereocenters. The first kappa shape index (κ1) is 15.5. The molecular weight excluding hydrogens is 240 g/mol. The Morgan fingerprint density at radius 3 is 2.28 bits per heavy atom. The molecule has 0 heterocycles. The van der Waals surface area contributed by atoms with E-state index in [1.165, 1.54) is 16.9 Å². The Bertz CT molecular complexity index is 327. The minimum atomic E-state index is 0.230. The lowest BCUT2D eigenvalue weighted by molar-refractivity contribution is 0.418. The van der Waals surface area contributed by atoms with Crippen LogP contribution >= 0.6 is 11.8 Å². The topological polar surface area (TPSA) is 24.1 Å². The molecule has 0 aliphatic rings. The minimum Gasteiger partial charge on any atom is -0.313 e. The highest BCUT2D eigenvalue weighted by Gasteiger charge is 2.06. The zero-order valence-corrected chi connectivity index (χ0v) is 12.9. The van der Waals surface area contributed by atoms with Crippen LogP contribution < -0.4 is 10.6 Å². The largest absolute Gasteiger partial charge is 0.313 e. The van der Waals surface area contributed by atoms with E-state index in [-0.39, 0.29) is 5.54 Å². The maximum atomic E-state index is 3.49. The van der Waals surface area contributed by atoms with Crippen LogP contribution in [0.15, 0.2) is 29.2 Å². The third kappa shape index (κ3) is 7.04. The summed E-state index contributed by atoms with van der Waals surface area (Å²) in [6, 6.07) is 8.77. The first-order chi connectivity index (χ1) is 8.51.